The molecule has 41 heavy (non-hydrogen) atoms. The molecule has 0 unspecified atom stereocenters. The van der Waals surface area contributed by atoms with Gasteiger partial charge in [-0.3, -0.25) is 0 Å². The molecule has 0 spiro atoms. The van der Waals surface area contributed by atoms with Crippen LogP contribution in [0.3, 0.4) is 0 Å². The van der Waals surface area contributed by atoms with E-state index in [4.69, 9.17) is 39.5 Å². The van der Waals surface area contributed by atoms with E-state index in [1.807, 2.05) is 4.90 Å². The van der Waals surface area contributed by atoms with Crippen LogP contribution in [0.1, 0.15) is 58.9 Å². The molecule has 4 aromatic rings. The van der Waals surface area contributed by atoms with E-state index in [1.165, 1.54) is 12.3 Å². The first-order valence-corrected chi connectivity index (χ1v) is 14.4. The number of hydrogen-bond acceptors (Lipinski definition) is 7. The van der Waals surface area contributed by atoms with E-state index in [9.17, 15) is 15.0 Å². The smallest absolute Gasteiger partial charge is 0.335 e. The number of aromatic carboxylic acids is 1. The average molecular weight is 615 g/mol. The van der Waals surface area contributed by atoms with Crippen LogP contribution in [0, 0.1) is 0 Å². The van der Waals surface area contributed by atoms with Crippen LogP contribution < -0.4 is 9.64 Å². The Morgan fingerprint density at radius 2 is 1.76 bits per heavy atom. The van der Waals surface area contributed by atoms with Gasteiger partial charge in [0.1, 0.15) is 29.6 Å². The lowest BCUT2D eigenvalue weighted by Gasteiger charge is -2.39. The minimum Gasteiger partial charge on any atom is -0.487 e. The summed E-state index contributed by atoms with van der Waals surface area (Å²) < 4.78 is 7.80. The summed E-state index contributed by atoms with van der Waals surface area (Å²) in [6.45, 7) is 1.16. The fraction of sp³-hybridized carbons (Fsp3) is 0.310. The molecule has 1 aliphatic carbocycles. The van der Waals surface area contributed by atoms with Crippen molar-refractivity contribution in [3.8, 4) is 11.4 Å². The number of ether oxygens (including phenoxy) is 1. The van der Waals surface area contributed by atoms with Gasteiger partial charge in [0.25, 0.3) is 0 Å². The molecular formula is C29H26Cl3N5O4. The van der Waals surface area contributed by atoms with E-state index in [0.717, 1.165) is 24.2 Å². The Morgan fingerprint density at radius 3 is 2.41 bits per heavy atom. The maximum absolute atomic E-state index is 11.5. The third kappa shape index (κ3) is 5.59. The lowest BCUT2D eigenvalue weighted by atomic mass is 9.84. The third-order valence-corrected chi connectivity index (χ3v) is 8.55. The third-order valence-electron chi connectivity index (χ3n) is 7.63. The van der Waals surface area contributed by atoms with Crippen molar-refractivity contribution < 1.29 is 19.7 Å². The zero-order chi connectivity index (χ0) is 28.7. The number of pyridine rings is 1. The highest BCUT2D eigenvalue weighted by Gasteiger charge is 2.36. The van der Waals surface area contributed by atoms with Crippen LogP contribution in [-0.2, 0) is 12.2 Å². The van der Waals surface area contributed by atoms with E-state index < -0.39 is 11.6 Å². The second-order valence-corrected chi connectivity index (χ2v) is 11.6. The molecule has 0 radical (unpaired) electrons. The standard InChI is InChI=1S/C29H26Cl3N5O4/c30-21-2-1-3-22(31)27(21)37-24(26(34-35-37)17-4-5-17)16-41-19-6-7-20(23(32)15-19)29(40)9-12-36(13-10-29)25-14-18(28(38)39)8-11-33-25/h1-3,6-8,11,14-15,17,40H,4-5,9-10,12-13,16H2,(H,38,39). The lowest BCUT2D eigenvalue weighted by molar-refractivity contribution is 0.0117. The topological polar surface area (TPSA) is 114 Å². The number of rotatable bonds is 8. The molecule has 0 amide bonds. The zero-order valence-corrected chi connectivity index (χ0v) is 24.1. The zero-order valence-electron chi connectivity index (χ0n) is 21.8. The summed E-state index contributed by atoms with van der Waals surface area (Å²) >= 11 is 19.6. The molecule has 2 aromatic carbocycles. The lowest BCUT2D eigenvalue weighted by Crippen LogP contribution is -2.43. The Labute approximate surface area is 251 Å². The summed E-state index contributed by atoms with van der Waals surface area (Å²) in [5.74, 6) is 0.429. The number of anilines is 1. The highest BCUT2D eigenvalue weighted by molar-refractivity contribution is 6.37. The summed E-state index contributed by atoms with van der Waals surface area (Å²) in [4.78, 5) is 17.6. The van der Waals surface area contributed by atoms with Gasteiger partial charge in [-0.2, -0.15) is 0 Å². The van der Waals surface area contributed by atoms with Crippen molar-refractivity contribution in [3.05, 3.63) is 92.3 Å². The normalized spacial score (nSPS) is 16.5. The molecule has 2 fully saturated rings. The van der Waals surface area contributed by atoms with Gasteiger partial charge in [-0.05, 0) is 62.1 Å². The quantitative estimate of drug-likeness (QED) is 0.239. The first-order chi connectivity index (χ1) is 19.7. The SMILES string of the molecule is O=C(O)c1ccnc(N2CCC(O)(c3ccc(OCc4c(C5CC5)nnn4-c4c(Cl)cccc4Cl)cc3Cl)CC2)c1. The molecule has 3 heterocycles. The van der Waals surface area contributed by atoms with Crippen molar-refractivity contribution in [2.24, 2.45) is 0 Å². The van der Waals surface area contributed by atoms with Gasteiger partial charge in [-0.25, -0.2) is 14.5 Å². The van der Waals surface area contributed by atoms with Crippen LogP contribution in [-0.4, -0.2) is 49.2 Å². The molecule has 2 aromatic heterocycles. The number of aliphatic hydroxyl groups is 1. The van der Waals surface area contributed by atoms with Crippen LogP contribution in [0.4, 0.5) is 5.82 Å². The number of nitrogens with zero attached hydrogens (tertiary/aromatic N) is 5. The maximum Gasteiger partial charge on any atom is 0.335 e. The highest BCUT2D eigenvalue weighted by atomic mass is 35.5. The average Bonchev–Trinajstić information content (AvgIpc) is 3.72. The Balaban J connectivity index is 1.17. The van der Waals surface area contributed by atoms with Gasteiger partial charge in [0.15, 0.2) is 0 Å². The largest absolute Gasteiger partial charge is 0.487 e. The predicted molar refractivity (Wildman–Crippen MR) is 156 cm³/mol. The number of carboxylic acids is 1. The van der Waals surface area contributed by atoms with Crippen LogP contribution in [0.5, 0.6) is 5.75 Å². The van der Waals surface area contributed by atoms with Gasteiger partial charge in [0.05, 0.1) is 31.9 Å². The van der Waals surface area contributed by atoms with Crippen LogP contribution in [0.25, 0.3) is 5.69 Å². The predicted octanol–water partition coefficient (Wildman–Crippen LogP) is 6.27. The van der Waals surface area contributed by atoms with Crippen molar-refractivity contribution >= 4 is 46.6 Å². The summed E-state index contributed by atoms with van der Waals surface area (Å²) in [6, 6.07) is 13.6. The molecule has 2 N–H and O–H groups in total. The van der Waals surface area contributed by atoms with E-state index in [0.29, 0.717) is 69.7 Å². The molecular weight excluding hydrogens is 589 g/mol. The van der Waals surface area contributed by atoms with Crippen molar-refractivity contribution in [2.75, 3.05) is 18.0 Å². The molecule has 1 aliphatic heterocycles. The molecule has 212 valence electrons. The minimum absolute atomic E-state index is 0.174. The molecule has 1 saturated carbocycles. The van der Waals surface area contributed by atoms with Gasteiger partial charge >= 0.3 is 5.97 Å². The molecule has 1 saturated heterocycles. The number of halogens is 3. The van der Waals surface area contributed by atoms with Gasteiger partial charge in [-0.15, -0.1) is 5.10 Å². The van der Waals surface area contributed by atoms with E-state index in [1.54, 1.807) is 47.1 Å². The van der Waals surface area contributed by atoms with Crippen LogP contribution in [0.2, 0.25) is 15.1 Å². The number of para-hydroxylation sites is 1. The molecule has 2 aliphatic rings. The summed E-state index contributed by atoms with van der Waals surface area (Å²) in [5, 5.41) is 30.9. The van der Waals surface area contributed by atoms with E-state index in [-0.39, 0.29) is 12.2 Å². The Bertz CT molecular complexity index is 1600. The summed E-state index contributed by atoms with van der Waals surface area (Å²) in [6.07, 6.45) is 4.37. The Hall–Kier alpha value is -3.37. The summed E-state index contributed by atoms with van der Waals surface area (Å²) in [5.41, 5.74) is 1.85. The number of piperidine rings is 1. The minimum atomic E-state index is -1.14. The second kappa shape index (κ2) is 11.1. The van der Waals surface area contributed by atoms with Crippen molar-refractivity contribution in [2.45, 2.75) is 43.8 Å². The number of carboxylic acid groups (broad SMARTS) is 1. The van der Waals surface area contributed by atoms with Crippen LogP contribution in [0.15, 0.2) is 54.7 Å². The number of benzene rings is 2. The molecule has 12 heteroatoms. The van der Waals surface area contributed by atoms with E-state index >= 15 is 0 Å². The van der Waals surface area contributed by atoms with Crippen LogP contribution >= 0.6 is 34.8 Å². The monoisotopic (exact) mass is 613 g/mol. The number of carbonyl (C=O) groups is 1. The van der Waals surface area contributed by atoms with E-state index in [2.05, 4.69) is 15.3 Å². The number of aromatic nitrogens is 4. The molecule has 6 rings (SSSR count). The van der Waals surface area contributed by atoms with Crippen molar-refractivity contribution in [3.63, 3.8) is 0 Å². The van der Waals surface area contributed by atoms with Gasteiger partial charge in [0, 0.05) is 30.8 Å². The van der Waals surface area contributed by atoms with Crippen molar-refractivity contribution in [1.82, 2.24) is 20.0 Å². The van der Waals surface area contributed by atoms with Crippen molar-refractivity contribution in [1.29, 1.82) is 0 Å². The first-order valence-electron chi connectivity index (χ1n) is 13.2. The summed E-state index contributed by atoms with van der Waals surface area (Å²) in [7, 11) is 0. The first kappa shape index (κ1) is 27.8. The maximum atomic E-state index is 11.5. The Kier molecular flexibility index (Phi) is 7.54. The molecule has 0 atom stereocenters. The second-order valence-electron chi connectivity index (χ2n) is 10.3. The number of hydrogen-bond donors (Lipinski definition) is 2. The van der Waals surface area contributed by atoms with Gasteiger partial charge < -0.3 is 19.8 Å². The Morgan fingerprint density at radius 1 is 1.02 bits per heavy atom. The van der Waals surface area contributed by atoms with Gasteiger partial charge in [-0.1, -0.05) is 52.1 Å². The fourth-order valence-corrected chi connectivity index (χ4v) is 6.11. The fourth-order valence-electron chi connectivity index (χ4n) is 5.21. The highest BCUT2D eigenvalue weighted by Crippen LogP contribution is 2.43. The molecule has 9 nitrogen and oxygen atoms in total. The molecule has 0 bridgehead atoms. The van der Waals surface area contributed by atoms with Gasteiger partial charge in [0.2, 0.25) is 0 Å².